The number of aromatic nitrogens is 3. The van der Waals surface area contributed by atoms with Gasteiger partial charge in [0.15, 0.2) is 5.69 Å². The standard InChI is InChI=1S/C14H23N5O2/c1-10(20)11-4-7-18(8-11)14(21)13-9-19(17-16-13)12-2-5-15-6-3-12/h9-12,15,20H,2-8H2,1H3. The van der Waals surface area contributed by atoms with Gasteiger partial charge in [0.1, 0.15) is 0 Å². The summed E-state index contributed by atoms with van der Waals surface area (Å²) in [6, 6.07) is 0.337. The molecule has 7 nitrogen and oxygen atoms in total. The minimum atomic E-state index is -0.367. The molecule has 1 amide bonds. The maximum atomic E-state index is 12.4. The van der Waals surface area contributed by atoms with Crippen molar-refractivity contribution in [1.29, 1.82) is 0 Å². The highest BCUT2D eigenvalue weighted by Crippen LogP contribution is 2.22. The van der Waals surface area contributed by atoms with E-state index in [0.717, 1.165) is 32.4 Å². The largest absolute Gasteiger partial charge is 0.393 e. The first-order valence-electron chi connectivity index (χ1n) is 7.75. The van der Waals surface area contributed by atoms with E-state index in [4.69, 9.17) is 0 Å². The smallest absolute Gasteiger partial charge is 0.276 e. The molecule has 0 aromatic carbocycles. The van der Waals surface area contributed by atoms with E-state index in [2.05, 4.69) is 15.6 Å². The lowest BCUT2D eigenvalue weighted by atomic mass is 10.0. The van der Waals surface area contributed by atoms with Crippen LogP contribution in [0.4, 0.5) is 0 Å². The van der Waals surface area contributed by atoms with Gasteiger partial charge in [0.25, 0.3) is 5.91 Å². The average molecular weight is 293 g/mol. The van der Waals surface area contributed by atoms with Crippen molar-refractivity contribution in [1.82, 2.24) is 25.2 Å². The van der Waals surface area contributed by atoms with E-state index >= 15 is 0 Å². The molecule has 0 saturated carbocycles. The summed E-state index contributed by atoms with van der Waals surface area (Å²) < 4.78 is 1.83. The van der Waals surface area contributed by atoms with Gasteiger partial charge in [-0.15, -0.1) is 5.10 Å². The molecule has 7 heteroatoms. The van der Waals surface area contributed by atoms with Crippen molar-refractivity contribution in [2.75, 3.05) is 26.2 Å². The van der Waals surface area contributed by atoms with E-state index < -0.39 is 0 Å². The lowest BCUT2D eigenvalue weighted by Gasteiger charge is -2.22. The van der Waals surface area contributed by atoms with Crippen LogP contribution >= 0.6 is 0 Å². The summed E-state index contributed by atoms with van der Waals surface area (Å²) in [6.45, 7) is 5.04. The average Bonchev–Trinajstić information content (AvgIpc) is 3.17. The summed E-state index contributed by atoms with van der Waals surface area (Å²) in [6.07, 6.45) is 4.29. The summed E-state index contributed by atoms with van der Waals surface area (Å²) in [5.41, 5.74) is 0.416. The highest BCUT2D eigenvalue weighted by atomic mass is 16.3. The van der Waals surface area contributed by atoms with Gasteiger partial charge in [-0.1, -0.05) is 5.21 Å². The van der Waals surface area contributed by atoms with Crippen LogP contribution in [0.3, 0.4) is 0 Å². The molecule has 2 aliphatic heterocycles. The minimum absolute atomic E-state index is 0.0710. The third kappa shape index (κ3) is 3.08. The maximum absolute atomic E-state index is 12.4. The van der Waals surface area contributed by atoms with Crippen LogP contribution in [0.2, 0.25) is 0 Å². The number of nitrogens with zero attached hydrogens (tertiary/aromatic N) is 4. The molecular weight excluding hydrogens is 270 g/mol. The van der Waals surface area contributed by atoms with Crippen LogP contribution in [-0.2, 0) is 0 Å². The van der Waals surface area contributed by atoms with Crippen molar-refractivity contribution < 1.29 is 9.90 Å². The predicted octanol–water partition coefficient (Wildman–Crippen LogP) is 0.0455. The lowest BCUT2D eigenvalue weighted by molar-refractivity contribution is 0.0756. The first-order chi connectivity index (χ1) is 10.1. The fourth-order valence-electron chi connectivity index (χ4n) is 3.15. The number of likely N-dealkylation sites (tertiary alicyclic amines) is 1. The minimum Gasteiger partial charge on any atom is -0.393 e. The number of aliphatic hydroxyl groups excluding tert-OH is 1. The third-order valence-corrected chi connectivity index (χ3v) is 4.61. The molecule has 21 heavy (non-hydrogen) atoms. The molecule has 0 aliphatic carbocycles. The Hall–Kier alpha value is -1.47. The Balaban J connectivity index is 1.64. The summed E-state index contributed by atoms with van der Waals surface area (Å²) >= 11 is 0. The van der Waals surface area contributed by atoms with Gasteiger partial charge in [0.05, 0.1) is 18.3 Å². The van der Waals surface area contributed by atoms with Crippen LogP contribution in [0.5, 0.6) is 0 Å². The van der Waals surface area contributed by atoms with Gasteiger partial charge in [0, 0.05) is 19.0 Å². The van der Waals surface area contributed by atoms with Crippen LogP contribution in [0.25, 0.3) is 0 Å². The molecule has 3 rings (SSSR count). The molecule has 3 heterocycles. The molecule has 0 spiro atoms. The van der Waals surface area contributed by atoms with Gasteiger partial charge in [-0.3, -0.25) is 4.79 Å². The van der Waals surface area contributed by atoms with Gasteiger partial charge in [0.2, 0.25) is 0 Å². The molecule has 1 aromatic rings. The molecule has 2 aliphatic rings. The van der Waals surface area contributed by atoms with E-state index in [1.165, 1.54) is 0 Å². The topological polar surface area (TPSA) is 83.3 Å². The van der Waals surface area contributed by atoms with Crippen molar-refractivity contribution in [3.05, 3.63) is 11.9 Å². The zero-order chi connectivity index (χ0) is 14.8. The number of nitrogens with one attached hydrogen (secondary N) is 1. The predicted molar refractivity (Wildman–Crippen MR) is 76.9 cm³/mol. The molecular formula is C14H23N5O2. The van der Waals surface area contributed by atoms with E-state index in [9.17, 15) is 9.90 Å². The van der Waals surface area contributed by atoms with Crippen LogP contribution in [-0.4, -0.2) is 63.2 Å². The molecule has 0 radical (unpaired) electrons. The second-order valence-corrected chi connectivity index (χ2v) is 6.11. The molecule has 2 atom stereocenters. The van der Waals surface area contributed by atoms with E-state index in [-0.39, 0.29) is 17.9 Å². The molecule has 0 bridgehead atoms. The number of hydrogen-bond acceptors (Lipinski definition) is 5. The summed E-state index contributed by atoms with van der Waals surface area (Å²) in [4.78, 5) is 14.2. The lowest BCUT2D eigenvalue weighted by Crippen LogP contribution is -2.31. The second kappa shape index (κ2) is 6.11. The third-order valence-electron chi connectivity index (χ3n) is 4.61. The number of hydrogen-bond donors (Lipinski definition) is 2. The van der Waals surface area contributed by atoms with Crippen LogP contribution < -0.4 is 5.32 Å². The molecule has 2 N–H and O–H groups in total. The number of carbonyl (C=O) groups is 1. The zero-order valence-electron chi connectivity index (χ0n) is 12.4. The highest BCUT2D eigenvalue weighted by molar-refractivity contribution is 5.92. The summed E-state index contributed by atoms with van der Waals surface area (Å²) in [7, 11) is 0. The molecule has 116 valence electrons. The second-order valence-electron chi connectivity index (χ2n) is 6.11. The Morgan fingerprint density at radius 3 is 2.86 bits per heavy atom. The van der Waals surface area contributed by atoms with Crippen molar-refractivity contribution in [3.8, 4) is 0 Å². The quantitative estimate of drug-likeness (QED) is 0.822. The Kier molecular flexibility index (Phi) is 4.21. The first kappa shape index (κ1) is 14.5. The molecule has 2 fully saturated rings. The number of piperidine rings is 1. The van der Waals surface area contributed by atoms with Crippen molar-refractivity contribution in [2.24, 2.45) is 5.92 Å². The molecule has 2 unspecified atom stereocenters. The van der Waals surface area contributed by atoms with Crippen LogP contribution in [0.1, 0.15) is 42.7 Å². The fraction of sp³-hybridized carbons (Fsp3) is 0.786. The number of rotatable bonds is 3. The fourth-order valence-corrected chi connectivity index (χ4v) is 3.15. The maximum Gasteiger partial charge on any atom is 0.276 e. The summed E-state index contributed by atoms with van der Waals surface area (Å²) in [5, 5.41) is 21.1. The van der Waals surface area contributed by atoms with Crippen molar-refractivity contribution in [3.63, 3.8) is 0 Å². The van der Waals surface area contributed by atoms with Crippen LogP contribution in [0, 0.1) is 5.92 Å². The number of amides is 1. The van der Waals surface area contributed by atoms with Gasteiger partial charge in [-0.25, -0.2) is 4.68 Å². The Morgan fingerprint density at radius 2 is 2.19 bits per heavy atom. The Bertz CT molecular complexity index is 495. The number of aliphatic hydroxyl groups is 1. The van der Waals surface area contributed by atoms with Crippen molar-refractivity contribution in [2.45, 2.75) is 38.3 Å². The van der Waals surface area contributed by atoms with E-state index in [0.29, 0.717) is 24.8 Å². The highest BCUT2D eigenvalue weighted by Gasteiger charge is 2.31. The van der Waals surface area contributed by atoms with E-state index in [1.807, 2.05) is 4.68 Å². The van der Waals surface area contributed by atoms with Crippen molar-refractivity contribution >= 4 is 5.91 Å². The zero-order valence-corrected chi connectivity index (χ0v) is 12.4. The SMILES string of the molecule is CC(O)C1CCN(C(=O)c2cn(C3CCNCC3)nn2)C1. The first-order valence-corrected chi connectivity index (χ1v) is 7.75. The number of carbonyl (C=O) groups excluding carboxylic acids is 1. The van der Waals surface area contributed by atoms with Gasteiger partial charge in [-0.05, 0) is 39.3 Å². The molecule has 1 aromatic heterocycles. The van der Waals surface area contributed by atoms with Crippen LogP contribution in [0.15, 0.2) is 6.20 Å². The van der Waals surface area contributed by atoms with Gasteiger partial charge >= 0.3 is 0 Å². The van der Waals surface area contributed by atoms with Gasteiger partial charge in [-0.2, -0.15) is 0 Å². The normalized spacial score (nSPS) is 25.2. The molecule has 2 saturated heterocycles. The summed E-state index contributed by atoms with van der Waals surface area (Å²) in [5.74, 6) is 0.103. The van der Waals surface area contributed by atoms with Gasteiger partial charge < -0.3 is 15.3 Å². The Morgan fingerprint density at radius 1 is 1.43 bits per heavy atom. The monoisotopic (exact) mass is 293 g/mol. The Labute approximate surface area is 124 Å². The van der Waals surface area contributed by atoms with E-state index in [1.54, 1.807) is 18.0 Å².